The molecule has 1 aromatic carbocycles. The highest BCUT2D eigenvalue weighted by Gasteiger charge is 2.37. The van der Waals surface area contributed by atoms with Crippen LogP contribution >= 0.6 is 0 Å². The number of aromatic nitrogens is 4. The Kier molecular flexibility index (Phi) is 4.62. The summed E-state index contributed by atoms with van der Waals surface area (Å²) in [5.74, 6) is 0.526. The van der Waals surface area contributed by atoms with Crippen LogP contribution in [-0.4, -0.2) is 31.7 Å². The van der Waals surface area contributed by atoms with E-state index in [1.165, 1.54) is 0 Å². The van der Waals surface area contributed by atoms with Crippen molar-refractivity contribution >= 4 is 11.6 Å². The van der Waals surface area contributed by atoms with Crippen LogP contribution in [0.2, 0.25) is 0 Å². The molecule has 1 fully saturated rings. The molecule has 0 spiro atoms. The highest BCUT2D eigenvalue weighted by Crippen LogP contribution is 2.32. The van der Waals surface area contributed by atoms with Crippen LogP contribution in [0.5, 0.6) is 0 Å². The molecule has 2 unspecified atom stereocenters. The lowest BCUT2D eigenvalue weighted by atomic mass is 9.74. The molecule has 1 aromatic heterocycles. The minimum Gasteiger partial charge on any atom is -0.326 e. The highest BCUT2D eigenvalue weighted by molar-refractivity contribution is 5.94. The summed E-state index contributed by atoms with van der Waals surface area (Å²) in [6, 6.07) is 7.59. The second-order valence-corrected chi connectivity index (χ2v) is 6.69. The first-order valence-electron chi connectivity index (χ1n) is 8.47. The second-order valence-electron chi connectivity index (χ2n) is 6.69. The van der Waals surface area contributed by atoms with Gasteiger partial charge in [0.05, 0.1) is 5.92 Å². The molecule has 24 heavy (non-hydrogen) atoms. The van der Waals surface area contributed by atoms with Crippen LogP contribution in [0.3, 0.4) is 0 Å². The van der Waals surface area contributed by atoms with Crippen molar-refractivity contribution in [1.82, 2.24) is 20.2 Å². The quantitative estimate of drug-likeness (QED) is 0.896. The Morgan fingerprint density at radius 1 is 1.46 bits per heavy atom. The molecule has 2 aromatic rings. The molecule has 2 atom stereocenters. The van der Waals surface area contributed by atoms with Crippen LogP contribution in [0.4, 0.5) is 5.69 Å². The molecule has 0 saturated heterocycles. The molecule has 7 heteroatoms. The standard InChI is InChI=1S/C17H24N6O/c1-3-23-15(20-21-22-23)12-7-6-8-13(11-12)19-16(24)14-9-4-5-10-17(14,2)18/h6-8,11,14H,3-5,9-10,18H2,1-2H3,(H,19,24). The molecular formula is C17H24N6O. The number of carbonyl (C=O) groups is 1. The molecule has 0 radical (unpaired) electrons. The van der Waals surface area contributed by atoms with Gasteiger partial charge in [-0.15, -0.1) is 5.10 Å². The zero-order valence-electron chi connectivity index (χ0n) is 14.2. The predicted octanol–water partition coefficient (Wildman–Crippen LogP) is 2.21. The monoisotopic (exact) mass is 328 g/mol. The van der Waals surface area contributed by atoms with Crippen molar-refractivity contribution in [2.24, 2.45) is 11.7 Å². The Labute approximate surface area is 141 Å². The van der Waals surface area contributed by atoms with E-state index in [2.05, 4.69) is 20.8 Å². The Hall–Kier alpha value is -2.28. The van der Waals surface area contributed by atoms with Gasteiger partial charge in [-0.25, -0.2) is 4.68 Å². The maximum atomic E-state index is 12.7. The van der Waals surface area contributed by atoms with E-state index in [0.29, 0.717) is 12.4 Å². The number of carbonyl (C=O) groups excluding carboxylic acids is 1. The van der Waals surface area contributed by atoms with Crippen molar-refractivity contribution in [1.29, 1.82) is 0 Å². The van der Waals surface area contributed by atoms with Crippen LogP contribution in [-0.2, 0) is 11.3 Å². The van der Waals surface area contributed by atoms with Crippen molar-refractivity contribution in [3.63, 3.8) is 0 Å². The maximum absolute atomic E-state index is 12.7. The number of anilines is 1. The first-order valence-corrected chi connectivity index (χ1v) is 8.47. The van der Waals surface area contributed by atoms with E-state index >= 15 is 0 Å². The molecule has 1 aliphatic carbocycles. The Balaban J connectivity index is 1.78. The summed E-state index contributed by atoms with van der Waals surface area (Å²) in [6.45, 7) is 4.64. The van der Waals surface area contributed by atoms with Gasteiger partial charge in [-0.2, -0.15) is 0 Å². The van der Waals surface area contributed by atoms with Gasteiger partial charge in [0.25, 0.3) is 0 Å². The fraction of sp³-hybridized carbons (Fsp3) is 0.529. The molecule has 1 saturated carbocycles. The lowest BCUT2D eigenvalue weighted by Crippen LogP contribution is -2.51. The Morgan fingerprint density at radius 3 is 3.04 bits per heavy atom. The predicted molar refractivity (Wildman–Crippen MR) is 92.1 cm³/mol. The van der Waals surface area contributed by atoms with Gasteiger partial charge in [0.1, 0.15) is 0 Å². The van der Waals surface area contributed by atoms with Gasteiger partial charge < -0.3 is 11.1 Å². The lowest BCUT2D eigenvalue weighted by molar-refractivity contribution is -0.122. The van der Waals surface area contributed by atoms with Crippen LogP contribution in [0.15, 0.2) is 24.3 Å². The number of tetrazole rings is 1. The number of nitrogens with zero attached hydrogens (tertiary/aromatic N) is 4. The summed E-state index contributed by atoms with van der Waals surface area (Å²) >= 11 is 0. The van der Waals surface area contributed by atoms with Crippen molar-refractivity contribution in [3.05, 3.63) is 24.3 Å². The Bertz CT molecular complexity index is 723. The average molecular weight is 328 g/mol. The molecule has 1 aliphatic rings. The number of amides is 1. The summed E-state index contributed by atoms with van der Waals surface area (Å²) < 4.78 is 1.72. The van der Waals surface area contributed by atoms with Crippen molar-refractivity contribution < 1.29 is 4.79 Å². The number of benzene rings is 1. The summed E-state index contributed by atoms with van der Waals surface area (Å²) in [7, 11) is 0. The van der Waals surface area contributed by atoms with E-state index in [1.54, 1.807) is 4.68 Å². The SMILES string of the molecule is CCn1nnnc1-c1cccc(NC(=O)C2CCCCC2(C)N)c1. The molecule has 3 N–H and O–H groups in total. The highest BCUT2D eigenvalue weighted by atomic mass is 16.1. The van der Waals surface area contributed by atoms with Crippen LogP contribution in [0.1, 0.15) is 39.5 Å². The van der Waals surface area contributed by atoms with E-state index < -0.39 is 5.54 Å². The zero-order valence-corrected chi connectivity index (χ0v) is 14.2. The van der Waals surface area contributed by atoms with Gasteiger partial charge in [0.2, 0.25) is 5.91 Å². The third kappa shape index (κ3) is 3.31. The van der Waals surface area contributed by atoms with Crippen LogP contribution in [0, 0.1) is 5.92 Å². The van der Waals surface area contributed by atoms with Gasteiger partial charge in [-0.3, -0.25) is 4.79 Å². The van der Waals surface area contributed by atoms with Gasteiger partial charge in [0.15, 0.2) is 5.82 Å². The number of nitrogens with one attached hydrogen (secondary N) is 1. The van der Waals surface area contributed by atoms with Crippen molar-refractivity contribution in [2.75, 3.05) is 5.32 Å². The van der Waals surface area contributed by atoms with E-state index in [4.69, 9.17) is 5.73 Å². The largest absolute Gasteiger partial charge is 0.326 e. The summed E-state index contributed by atoms with van der Waals surface area (Å²) in [4.78, 5) is 12.7. The number of nitrogens with two attached hydrogens (primary N) is 1. The van der Waals surface area contributed by atoms with E-state index in [-0.39, 0.29) is 11.8 Å². The third-order valence-electron chi connectivity index (χ3n) is 4.79. The first-order chi connectivity index (χ1) is 11.5. The fourth-order valence-corrected chi connectivity index (χ4v) is 3.38. The number of hydrogen-bond donors (Lipinski definition) is 2. The van der Waals surface area contributed by atoms with Gasteiger partial charge in [-0.05, 0) is 49.2 Å². The normalized spacial score (nSPS) is 23.9. The van der Waals surface area contributed by atoms with Gasteiger partial charge in [-0.1, -0.05) is 25.0 Å². The van der Waals surface area contributed by atoms with E-state index in [0.717, 1.165) is 36.9 Å². The molecule has 0 aliphatic heterocycles. The number of hydrogen-bond acceptors (Lipinski definition) is 5. The fourth-order valence-electron chi connectivity index (χ4n) is 3.38. The van der Waals surface area contributed by atoms with Gasteiger partial charge in [0, 0.05) is 23.3 Å². The van der Waals surface area contributed by atoms with Crippen LogP contribution in [0.25, 0.3) is 11.4 Å². The summed E-state index contributed by atoms with van der Waals surface area (Å²) in [6.07, 6.45) is 3.87. The minimum absolute atomic E-state index is 0.00747. The number of rotatable bonds is 4. The molecule has 3 rings (SSSR count). The zero-order chi connectivity index (χ0) is 17.2. The van der Waals surface area contributed by atoms with Crippen LogP contribution < -0.4 is 11.1 Å². The number of aryl methyl sites for hydroxylation is 1. The van der Waals surface area contributed by atoms with Crippen molar-refractivity contribution in [3.8, 4) is 11.4 Å². The maximum Gasteiger partial charge on any atom is 0.229 e. The van der Waals surface area contributed by atoms with Gasteiger partial charge >= 0.3 is 0 Å². The molecule has 128 valence electrons. The van der Waals surface area contributed by atoms with Crippen molar-refractivity contribution in [2.45, 2.75) is 51.6 Å². The topological polar surface area (TPSA) is 98.7 Å². The molecular weight excluding hydrogens is 304 g/mol. The summed E-state index contributed by atoms with van der Waals surface area (Å²) in [5.41, 5.74) is 7.51. The molecule has 1 amide bonds. The average Bonchev–Trinajstić information content (AvgIpc) is 3.03. The second kappa shape index (κ2) is 6.68. The first kappa shape index (κ1) is 16.6. The molecule has 0 bridgehead atoms. The summed E-state index contributed by atoms with van der Waals surface area (Å²) in [5, 5.41) is 14.7. The minimum atomic E-state index is -0.438. The molecule has 1 heterocycles. The molecule has 7 nitrogen and oxygen atoms in total. The lowest BCUT2D eigenvalue weighted by Gasteiger charge is -2.37. The smallest absolute Gasteiger partial charge is 0.229 e. The van der Waals surface area contributed by atoms with E-state index in [1.807, 2.05) is 38.1 Å². The third-order valence-corrected chi connectivity index (χ3v) is 4.79. The van der Waals surface area contributed by atoms with E-state index in [9.17, 15) is 4.79 Å². The Morgan fingerprint density at radius 2 is 2.29 bits per heavy atom.